The largest absolute Gasteiger partial charge is 0.389 e. The van der Waals surface area contributed by atoms with Crippen molar-refractivity contribution in [3.05, 3.63) is 11.6 Å². The summed E-state index contributed by atoms with van der Waals surface area (Å²) in [5.41, 5.74) is 1.55. The number of aliphatic hydroxyl groups excluding tert-OH is 1. The number of rotatable bonds is 0. The summed E-state index contributed by atoms with van der Waals surface area (Å²) >= 11 is 0. The third kappa shape index (κ3) is 1.78. The van der Waals surface area contributed by atoms with Crippen LogP contribution in [0.3, 0.4) is 0 Å². The molecule has 0 heterocycles. The van der Waals surface area contributed by atoms with Crippen molar-refractivity contribution >= 4 is 5.78 Å². The summed E-state index contributed by atoms with van der Waals surface area (Å²) < 4.78 is 0. The summed E-state index contributed by atoms with van der Waals surface area (Å²) in [5.74, 6) is 2.43. The smallest absolute Gasteiger partial charge is 0.145 e. The first-order chi connectivity index (χ1) is 9.95. The molecule has 3 saturated carbocycles. The molecule has 0 unspecified atom stereocenters. The first-order valence-corrected chi connectivity index (χ1v) is 8.88. The second-order valence-corrected chi connectivity index (χ2v) is 8.59. The zero-order valence-electron chi connectivity index (χ0n) is 13.4. The van der Waals surface area contributed by atoms with Crippen LogP contribution in [0.15, 0.2) is 11.6 Å². The van der Waals surface area contributed by atoms with Crippen LogP contribution in [-0.2, 0) is 4.79 Å². The number of aliphatic hydroxyl groups is 1. The van der Waals surface area contributed by atoms with E-state index in [4.69, 9.17) is 0 Å². The van der Waals surface area contributed by atoms with Gasteiger partial charge in [0.2, 0.25) is 0 Å². The summed E-state index contributed by atoms with van der Waals surface area (Å²) in [4.78, 5) is 12.8. The first kappa shape index (κ1) is 14.0. The predicted molar refractivity (Wildman–Crippen MR) is 82.7 cm³/mol. The van der Waals surface area contributed by atoms with Crippen molar-refractivity contribution in [1.29, 1.82) is 0 Å². The molecule has 21 heavy (non-hydrogen) atoms. The van der Waals surface area contributed by atoms with E-state index in [-0.39, 0.29) is 5.41 Å². The quantitative estimate of drug-likeness (QED) is 0.687. The number of Topliss-reactive ketones (excluding diaryl/α,β-unsaturated/α-hetero) is 1. The molecular weight excluding hydrogens is 260 g/mol. The predicted octanol–water partition coefficient (Wildman–Crippen LogP) is 3.88. The molecule has 1 N–H and O–H groups in total. The molecule has 3 fully saturated rings. The summed E-state index contributed by atoms with van der Waals surface area (Å²) in [6.07, 6.45) is 10.8. The van der Waals surface area contributed by atoms with Crippen LogP contribution in [0.2, 0.25) is 0 Å². The van der Waals surface area contributed by atoms with Gasteiger partial charge in [0.05, 0.1) is 11.5 Å². The molecule has 2 nitrogen and oxygen atoms in total. The van der Waals surface area contributed by atoms with Crippen molar-refractivity contribution in [2.75, 3.05) is 0 Å². The van der Waals surface area contributed by atoms with Gasteiger partial charge in [-0.3, -0.25) is 4.79 Å². The Balaban J connectivity index is 1.73. The SMILES string of the molecule is C[C@@]12CCC[C@H]1[C@@H]1CCC3=C[C@@H](O)CC(=O)[C@]3(C)[C@H]1CC2. The molecule has 0 aromatic rings. The standard InChI is InChI=1S/C19H28O2/c1-18-8-3-4-15(18)14-6-5-12-10-13(20)11-17(21)19(12,2)16(14)7-9-18/h10,13-16,20H,3-9,11H2,1-2H3/t13-,14+,15+,16+,18+,19+/m1/s1. The highest BCUT2D eigenvalue weighted by Crippen LogP contribution is 2.64. The fraction of sp³-hybridized carbons (Fsp3) is 0.842. The molecule has 0 aromatic carbocycles. The van der Waals surface area contributed by atoms with E-state index in [2.05, 4.69) is 13.8 Å². The lowest BCUT2D eigenvalue weighted by Gasteiger charge is -2.56. The van der Waals surface area contributed by atoms with Crippen LogP contribution in [0.1, 0.15) is 65.2 Å². The Labute approximate surface area is 128 Å². The Hall–Kier alpha value is -0.630. The van der Waals surface area contributed by atoms with Gasteiger partial charge in [0.25, 0.3) is 0 Å². The molecule has 0 aromatic heterocycles. The topological polar surface area (TPSA) is 37.3 Å². The lowest BCUT2D eigenvalue weighted by Crippen LogP contribution is -2.53. The van der Waals surface area contributed by atoms with Crippen molar-refractivity contribution in [3.8, 4) is 0 Å². The van der Waals surface area contributed by atoms with E-state index < -0.39 is 6.10 Å². The van der Waals surface area contributed by atoms with Gasteiger partial charge in [-0.25, -0.2) is 0 Å². The number of carbonyl (C=O) groups is 1. The molecule has 4 rings (SSSR count). The first-order valence-electron chi connectivity index (χ1n) is 8.88. The van der Waals surface area contributed by atoms with Crippen LogP contribution < -0.4 is 0 Å². The Bertz CT molecular complexity index is 508. The molecule has 4 aliphatic rings. The van der Waals surface area contributed by atoms with E-state index in [9.17, 15) is 9.90 Å². The number of ketones is 1. The number of allylic oxidation sites excluding steroid dienone is 1. The van der Waals surface area contributed by atoms with E-state index in [1.807, 2.05) is 6.08 Å². The Morgan fingerprint density at radius 2 is 1.95 bits per heavy atom. The highest BCUT2D eigenvalue weighted by molar-refractivity contribution is 5.90. The maximum Gasteiger partial charge on any atom is 0.145 e. The average molecular weight is 288 g/mol. The van der Waals surface area contributed by atoms with Crippen LogP contribution in [0.25, 0.3) is 0 Å². The fourth-order valence-electron chi connectivity index (χ4n) is 6.56. The number of fused-ring (bicyclic) bond motifs is 5. The van der Waals surface area contributed by atoms with Crippen LogP contribution >= 0.6 is 0 Å². The molecule has 6 atom stereocenters. The Morgan fingerprint density at radius 1 is 1.14 bits per heavy atom. The summed E-state index contributed by atoms with van der Waals surface area (Å²) in [7, 11) is 0. The van der Waals surface area contributed by atoms with E-state index >= 15 is 0 Å². The molecule has 0 spiro atoms. The van der Waals surface area contributed by atoms with Gasteiger partial charge in [-0.1, -0.05) is 25.0 Å². The van der Waals surface area contributed by atoms with Gasteiger partial charge in [-0.15, -0.1) is 0 Å². The molecule has 0 amide bonds. The molecule has 0 radical (unpaired) electrons. The highest BCUT2D eigenvalue weighted by Gasteiger charge is 2.58. The van der Waals surface area contributed by atoms with E-state index in [0.29, 0.717) is 23.5 Å². The minimum atomic E-state index is -0.530. The van der Waals surface area contributed by atoms with Crippen molar-refractivity contribution in [1.82, 2.24) is 0 Å². The van der Waals surface area contributed by atoms with Crippen LogP contribution in [0.5, 0.6) is 0 Å². The van der Waals surface area contributed by atoms with Gasteiger partial charge >= 0.3 is 0 Å². The molecule has 0 bridgehead atoms. The number of hydrogen-bond acceptors (Lipinski definition) is 2. The molecular formula is C19H28O2. The third-order valence-corrected chi connectivity index (χ3v) is 7.74. The van der Waals surface area contributed by atoms with E-state index in [1.165, 1.54) is 44.1 Å². The van der Waals surface area contributed by atoms with Gasteiger partial charge in [-0.05, 0) is 68.6 Å². The average Bonchev–Trinajstić information content (AvgIpc) is 2.82. The Morgan fingerprint density at radius 3 is 2.76 bits per heavy atom. The molecule has 0 saturated heterocycles. The van der Waals surface area contributed by atoms with Gasteiger partial charge in [0, 0.05) is 6.42 Å². The molecule has 2 heteroatoms. The fourth-order valence-corrected chi connectivity index (χ4v) is 6.56. The van der Waals surface area contributed by atoms with E-state index in [1.54, 1.807) is 0 Å². The Kier molecular flexibility index (Phi) is 2.96. The van der Waals surface area contributed by atoms with Gasteiger partial charge in [0.1, 0.15) is 5.78 Å². The third-order valence-electron chi connectivity index (χ3n) is 7.74. The maximum atomic E-state index is 12.8. The van der Waals surface area contributed by atoms with E-state index in [0.717, 1.165) is 18.3 Å². The normalized spacial score (nSPS) is 52.7. The van der Waals surface area contributed by atoms with Crippen LogP contribution in [-0.4, -0.2) is 17.0 Å². The summed E-state index contributed by atoms with van der Waals surface area (Å²) in [6.45, 7) is 4.70. The van der Waals surface area contributed by atoms with Crippen LogP contribution in [0, 0.1) is 28.6 Å². The second kappa shape index (κ2) is 4.44. The molecule has 0 aliphatic heterocycles. The van der Waals surface area contributed by atoms with Gasteiger partial charge in [-0.2, -0.15) is 0 Å². The number of carbonyl (C=O) groups excluding carboxylic acids is 1. The summed E-state index contributed by atoms with van der Waals surface area (Å²) in [5, 5.41) is 9.92. The monoisotopic (exact) mass is 288 g/mol. The zero-order valence-corrected chi connectivity index (χ0v) is 13.4. The van der Waals surface area contributed by atoms with Crippen molar-refractivity contribution in [2.45, 2.75) is 71.3 Å². The number of hydrogen-bond donors (Lipinski definition) is 1. The highest BCUT2D eigenvalue weighted by atomic mass is 16.3. The lowest BCUT2D eigenvalue weighted by molar-refractivity contribution is -0.138. The van der Waals surface area contributed by atoms with Crippen molar-refractivity contribution in [2.24, 2.45) is 28.6 Å². The minimum absolute atomic E-state index is 0.258. The van der Waals surface area contributed by atoms with Gasteiger partial charge in [0.15, 0.2) is 0 Å². The molecule has 116 valence electrons. The second-order valence-electron chi connectivity index (χ2n) is 8.59. The molecule has 4 aliphatic carbocycles. The lowest BCUT2D eigenvalue weighted by atomic mass is 9.47. The zero-order chi connectivity index (χ0) is 14.8. The van der Waals surface area contributed by atoms with Crippen LogP contribution in [0.4, 0.5) is 0 Å². The maximum absolute atomic E-state index is 12.8. The van der Waals surface area contributed by atoms with Crippen molar-refractivity contribution in [3.63, 3.8) is 0 Å². The van der Waals surface area contributed by atoms with Crippen molar-refractivity contribution < 1.29 is 9.90 Å². The minimum Gasteiger partial charge on any atom is -0.389 e. The van der Waals surface area contributed by atoms with Gasteiger partial charge < -0.3 is 5.11 Å². The summed E-state index contributed by atoms with van der Waals surface area (Å²) in [6, 6.07) is 0.